The Labute approximate surface area is 128 Å². The van der Waals surface area contributed by atoms with Gasteiger partial charge in [0.2, 0.25) is 0 Å². The van der Waals surface area contributed by atoms with Gasteiger partial charge < -0.3 is 14.8 Å². The number of ether oxygens (including phenoxy) is 2. The van der Waals surface area contributed by atoms with E-state index in [1.54, 1.807) is 24.3 Å². The molecule has 0 atom stereocenters. The third kappa shape index (κ3) is 5.75. The summed E-state index contributed by atoms with van der Waals surface area (Å²) < 4.78 is 10.8. The minimum Gasteiger partial charge on any atom is -0.492 e. The van der Waals surface area contributed by atoms with Crippen LogP contribution in [0.3, 0.4) is 0 Å². The second-order valence-electron chi connectivity index (χ2n) is 4.26. The summed E-state index contributed by atoms with van der Waals surface area (Å²) >= 11 is 5.82. The molecule has 0 aliphatic rings. The van der Waals surface area contributed by atoms with Crippen molar-refractivity contribution in [2.24, 2.45) is 0 Å². The summed E-state index contributed by atoms with van der Waals surface area (Å²) in [6.45, 7) is 0.783. The van der Waals surface area contributed by atoms with Gasteiger partial charge in [-0.1, -0.05) is 35.9 Å². The predicted molar refractivity (Wildman–Crippen MR) is 81.9 cm³/mol. The zero-order valence-corrected chi connectivity index (χ0v) is 12.2. The van der Waals surface area contributed by atoms with Gasteiger partial charge in [0.25, 0.3) is 5.91 Å². The van der Waals surface area contributed by atoms with Crippen LogP contribution in [0.4, 0.5) is 0 Å². The van der Waals surface area contributed by atoms with Crippen LogP contribution in [0.1, 0.15) is 0 Å². The van der Waals surface area contributed by atoms with E-state index in [0.717, 1.165) is 5.75 Å². The Morgan fingerprint density at radius 3 is 2.52 bits per heavy atom. The molecule has 110 valence electrons. The number of carbonyl (C=O) groups is 1. The second-order valence-corrected chi connectivity index (χ2v) is 4.69. The van der Waals surface area contributed by atoms with Crippen LogP contribution < -0.4 is 14.8 Å². The first-order chi connectivity index (χ1) is 10.2. The topological polar surface area (TPSA) is 47.6 Å². The molecule has 0 radical (unpaired) electrons. The van der Waals surface area contributed by atoms with E-state index in [2.05, 4.69) is 5.32 Å². The van der Waals surface area contributed by atoms with Gasteiger partial charge in [0.15, 0.2) is 6.61 Å². The minimum atomic E-state index is -0.202. The zero-order valence-electron chi connectivity index (χ0n) is 11.4. The lowest BCUT2D eigenvalue weighted by Gasteiger charge is -2.09. The van der Waals surface area contributed by atoms with Crippen LogP contribution in [0, 0.1) is 0 Å². The number of hydrogen-bond acceptors (Lipinski definition) is 3. The molecule has 0 aliphatic carbocycles. The molecule has 21 heavy (non-hydrogen) atoms. The number of hydrogen-bond donors (Lipinski definition) is 1. The minimum absolute atomic E-state index is 0.0499. The monoisotopic (exact) mass is 305 g/mol. The molecule has 0 saturated heterocycles. The summed E-state index contributed by atoms with van der Waals surface area (Å²) in [6.07, 6.45) is 0. The highest BCUT2D eigenvalue weighted by molar-refractivity contribution is 6.30. The molecular formula is C16H16ClNO3. The average molecular weight is 306 g/mol. The summed E-state index contributed by atoms with van der Waals surface area (Å²) in [4.78, 5) is 11.6. The van der Waals surface area contributed by atoms with Gasteiger partial charge in [0, 0.05) is 5.02 Å². The number of rotatable bonds is 7. The highest BCUT2D eigenvalue weighted by Gasteiger charge is 2.02. The normalized spacial score (nSPS) is 9.95. The Morgan fingerprint density at radius 1 is 1.00 bits per heavy atom. The van der Waals surface area contributed by atoms with E-state index >= 15 is 0 Å². The molecule has 1 amide bonds. The van der Waals surface area contributed by atoms with E-state index in [1.165, 1.54) is 0 Å². The van der Waals surface area contributed by atoms with Gasteiger partial charge in [-0.2, -0.15) is 0 Å². The summed E-state index contributed by atoms with van der Waals surface area (Å²) in [5.41, 5.74) is 0. The Kier molecular flexibility index (Phi) is 5.91. The van der Waals surface area contributed by atoms with E-state index in [9.17, 15) is 4.79 Å². The van der Waals surface area contributed by atoms with E-state index in [-0.39, 0.29) is 12.5 Å². The van der Waals surface area contributed by atoms with Crippen molar-refractivity contribution >= 4 is 17.5 Å². The van der Waals surface area contributed by atoms with Crippen LogP contribution >= 0.6 is 11.6 Å². The zero-order chi connectivity index (χ0) is 14.9. The van der Waals surface area contributed by atoms with Crippen LogP contribution in [-0.2, 0) is 4.79 Å². The number of para-hydroxylation sites is 1. The van der Waals surface area contributed by atoms with Crippen molar-refractivity contribution in [3.8, 4) is 11.5 Å². The second kappa shape index (κ2) is 8.17. The van der Waals surface area contributed by atoms with E-state index < -0.39 is 0 Å². The first kappa shape index (κ1) is 15.2. The van der Waals surface area contributed by atoms with Gasteiger partial charge in [-0.15, -0.1) is 0 Å². The molecule has 0 aliphatic heterocycles. The van der Waals surface area contributed by atoms with Crippen LogP contribution in [0.2, 0.25) is 5.02 Å². The predicted octanol–water partition coefficient (Wildman–Crippen LogP) is 2.91. The van der Waals surface area contributed by atoms with Gasteiger partial charge in [0.05, 0.1) is 6.54 Å². The van der Waals surface area contributed by atoms with Crippen LogP contribution in [-0.4, -0.2) is 25.7 Å². The van der Waals surface area contributed by atoms with Gasteiger partial charge in [-0.3, -0.25) is 4.79 Å². The lowest BCUT2D eigenvalue weighted by Crippen LogP contribution is -2.32. The maximum atomic E-state index is 11.6. The number of benzene rings is 2. The van der Waals surface area contributed by atoms with Crippen molar-refractivity contribution in [3.05, 3.63) is 59.6 Å². The summed E-state index contributed by atoms with van der Waals surface area (Å²) in [6, 6.07) is 16.4. The van der Waals surface area contributed by atoms with Crippen molar-refractivity contribution < 1.29 is 14.3 Å². The summed E-state index contributed by atoms with van der Waals surface area (Å²) in [7, 11) is 0. The number of amides is 1. The molecule has 0 spiro atoms. The van der Waals surface area contributed by atoms with Crippen molar-refractivity contribution in [2.75, 3.05) is 19.8 Å². The van der Waals surface area contributed by atoms with E-state index in [1.807, 2.05) is 30.3 Å². The van der Waals surface area contributed by atoms with Crippen molar-refractivity contribution in [2.45, 2.75) is 0 Å². The van der Waals surface area contributed by atoms with Gasteiger partial charge >= 0.3 is 0 Å². The van der Waals surface area contributed by atoms with Gasteiger partial charge in [-0.05, 0) is 30.3 Å². The molecule has 0 saturated carbocycles. The molecule has 0 fully saturated rings. The molecule has 0 unspecified atom stereocenters. The molecule has 2 aromatic rings. The van der Waals surface area contributed by atoms with Crippen molar-refractivity contribution in [1.82, 2.24) is 5.32 Å². The van der Waals surface area contributed by atoms with Crippen molar-refractivity contribution in [3.63, 3.8) is 0 Å². The van der Waals surface area contributed by atoms with Crippen molar-refractivity contribution in [1.29, 1.82) is 0 Å². The Hall–Kier alpha value is -2.20. The molecule has 4 nitrogen and oxygen atoms in total. The van der Waals surface area contributed by atoms with E-state index in [4.69, 9.17) is 21.1 Å². The first-order valence-electron chi connectivity index (χ1n) is 6.57. The fraction of sp³-hybridized carbons (Fsp3) is 0.188. The fourth-order valence-corrected chi connectivity index (χ4v) is 1.81. The third-order valence-corrected chi connectivity index (χ3v) is 2.84. The quantitative estimate of drug-likeness (QED) is 0.800. The molecule has 5 heteroatoms. The molecule has 2 aromatic carbocycles. The van der Waals surface area contributed by atoms with Gasteiger partial charge in [0.1, 0.15) is 18.1 Å². The molecular weight excluding hydrogens is 290 g/mol. The van der Waals surface area contributed by atoms with Crippen LogP contribution in [0.15, 0.2) is 54.6 Å². The number of carbonyl (C=O) groups excluding carboxylic acids is 1. The highest BCUT2D eigenvalue weighted by Crippen LogP contribution is 2.16. The summed E-state index contributed by atoms with van der Waals surface area (Å²) in [5, 5.41) is 3.29. The first-order valence-corrected chi connectivity index (χ1v) is 6.95. The maximum Gasteiger partial charge on any atom is 0.258 e. The molecule has 1 N–H and O–H groups in total. The number of nitrogens with one attached hydrogen (secondary N) is 1. The number of halogens is 1. The lowest BCUT2D eigenvalue weighted by atomic mass is 10.3. The Morgan fingerprint density at radius 2 is 1.76 bits per heavy atom. The Balaban J connectivity index is 1.62. The molecule has 0 aromatic heterocycles. The summed E-state index contributed by atoms with van der Waals surface area (Å²) in [5.74, 6) is 1.15. The largest absolute Gasteiger partial charge is 0.492 e. The van der Waals surface area contributed by atoms with Gasteiger partial charge in [-0.25, -0.2) is 0 Å². The SMILES string of the molecule is O=C(COc1cccc(Cl)c1)NCCOc1ccccc1. The molecule has 0 bridgehead atoms. The smallest absolute Gasteiger partial charge is 0.258 e. The van der Waals surface area contributed by atoms with Crippen LogP contribution in [0.5, 0.6) is 11.5 Å². The molecule has 2 rings (SSSR count). The maximum absolute atomic E-state index is 11.6. The lowest BCUT2D eigenvalue weighted by molar-refractivity contribution is -0.123. The third-order valence-electron chi connectivity index (χ3n) is 2.60. The fourth-order valence-electron chi connectivity index (χ4n) is 1.63. The Bertz CT molecular complexity index is 575. The highest BCUT2D eigenvalue weighted by atomic mass is 35.5. The van der Waals surface area contributed by atoms with Crippen LogP contribution in [0.25, 0.3) is 0 Å². The standard InChI is InChI=1S/C16H16ClNO3/c17-13-5-4-8-15(11-13)21-12-16(19)18-9-10-20-14-6-2-1-3-7-14/h1-8,11H,9-10,12H2,(H,18,19). The average Bonchev–Trinajstić information content (AvgIpc) is 2.51. The molecule has 0 heterocycles. The van der Waals surface area contributed by atoms with E-state index in [0.29, 0.717) is 23.9 Å².